The molecule has 5 rings (SSSR count). The van der Waals surface area contributed by atoms with E-state index in [-0.39, 0.29) is 18.4 Å². The number of benzene rings is 1. The molecule has 1 aromatic carbocycles. The van der Waals surface area contributed by atoms with E-state index >= 15 is 0 Å². The Balaban J connectivity index is 1.63. The van der Waals surface area contributed by atoms with Crippen molar-refractivity contribution >= 4 is 23.2 Å². The summed E-state index contributed by atoms with van der Waals surface area (Å²) >= 11 is 0. The highest BCUT2D eigenvalue weighted by molar-refractivity contribution is 6.05. The van der Waals surface area contributed by atoms with Gasteiger partial charge in [0.05, 0.1) is 30.4 Å². The number of allylic oxidation sites excluding steroid dienone is 1. The number of urea groups is 1. The Morgan fingerprint density at radius 1 is 1.07 bits per heavy atom. The number of hydrogen-bond acceptors (Lipinski definition) is 5. The zero-order valence-electron chi connectivity index (χ0n) is 16.3. The van der Waals surface area contributed by atoms with Gasteiger partial charge in [0.1, 0.15) is 17.6 Å². The Labute approximate surface area is 173 Å². The molecule has 0 spiro atoms. The average molecular weight is 403 g/mol. The molecule has 152 valence electrons. The molecule has 3 aromatic rings. The number of furan rings is 2. The Bertz CT molecular complexity index is 1100. The Morgan fingerprint density at radius 3 is 2.70 bits per heavy atom. The highest BCUT2D eigenvalue weighted by atomic mass is 16.3. The highest BCUT2D eigenvalue weighted by Crippen LogP contribution is 2.44. The van der Waals surface area contributed by atoms with E-state index in [0.29, 0.717) is 29.2 Å². The maximum atomic E-state index is 13.5. The molecule has 0 saturated heterocycles. The van der Waals surface area contributed by atoms with Crippen LogP contribution < -0.4 is 15.5 Å². The van der Waals surface area contributed by atoms with Crippen LogP contribution in [0.1, 0.15) is 36.8 Å². The minimum atomic E-state index is -0.657. The minimum Gasteiger partial charge on any atom is -0.467 e. The topological polar surface area (TPSA) is 87.7 Å². The van der Waals surface area contributed by atoms with Crippen LogP contribution in [0.3, 0.4) is 0 Å². The average Bonchev–Trinajstić information content (AvgIpc) is 3.44. The normalized spacial score (nSPS) is 18.3. The molecule has 30 heavy (non-hydrogen) atoms. The summed E-state index contributed by atoms with van der Waals surface area (Å²) in [7, 11) is 0. The van der Waals surface area contributed by atoms with Gasteiger partial charge in [0, 0.05) is 17.7 Å². The summed E-state index contributed by atoms with van der Waals surface area (Å²) in [4.78, 5) is 28.1. The number of nitrogens with one attached hydrogen (secondary N) is 2. The molecular weight excluding hydrogens is 382 g/mol. The number of fused-ring (bicyclic) bond motifs is 1. The number of amides is 2. The van der Waals surface area contributed by atoms with Crippen molar-refractivity contribution in [1.82, 2.24) is 5.32 Å². The van der Waals surface area contributed by atoms with Gasteiger partial charge in [-0.25, -0.2) is 4.79 Å². The second kappa shape index (κ2) is 7.59. The zero-order chi connectivity index (χ0) is 20.5. The molecule has 7 heteroatoms. The molecule has 1 unspecified atom stereocenters. The minimum absolute atomic E-state index is 0.0294. The van der Waals surface area contributed by atoms with Gasteiger partial charge in [0.15, 0.2) is 5.78 Å². The summed E-state index contributed by atoms with van der Waals surface area (Å²) in [6, 6.07) is 13.7. The van der Waals surface area contributed by atoms with Crippen molar-refractivity contribution in [3.05, 3.63) is 83.8 Å². The molecule has 2 N–H and O–H groups in total. The van der Waals surface area contributed by atoms with Gasteiger partial charge in [0.2, 0.25) is 0 Å². The Kier molecular flexibility index (Phi) is 4.63. The van der Waals surface area contributed by atoms with E-state index in [9.17, 15) is 9.59 Å². The number of anilines is 2. The van der Waals surface area contributed by atoms with Gasteiger partial charge < -0.3 is 19.5 Å². The summed E-state index contributed by atoms with van der Waals surface area (Å²) in [6.45, 7) is 0.239. The fourth-order valence-corrected chi connectivity index (χ4v) is 4.13. The van der Waals surface area contributed by atoms with E-state index in [1.54, 1.807) is 41.7 Å². The molecular formula is C23H21N3O4. The van der Waals surface area contributed by atoms with Crippen LogP contribution in [-0.2, 0) is 11.3 Å². The first-order valence-electron chi connectivity index (χ1n) is 9.97. The number of nitrogens with zero attached hydrogens (tertiary/aromatic N) is 1. The van der Waals surface area contributed by atoms with Crippen LogP contribution in [0.5, 0.6) is 0 Å². The fraction of sp³-hybridized carbons (Fsp3) is 0.217. The quantitative estimate of drug-likeness (QED) is 0.658. The molecule has 3 heterocycles. The summed E-state index contributed by atoms with van der Waals surface area (Å²) in [6.07, 6.45) is 5.11. The van der Waals surface area contributed by atoms with Gasteiger partial charge in [-0.15, -0.1) is 0 Å². The number of carbonyl (C=O) groups excluding carboxylic acids is 2. The lowest BCUT2D eigenvalue weighted by molar-refractivity contribution is -0.116. The lowest BCUT2D eigenvalue weighted by Crippen LogP contribution is -2.43. The van der Waals surface area contributed by atoms with E-state index in [1.165, 1.54) is 0 Å². The van der Waals surface area contributed by atoms with Gasteiger partial charge >= 0.3 is 6.03 Å². The molecule has 2 amide bonds. The Hall–Kier alpha value is -3.74. The molecule has 1 atom stereocenters. The van der Waals surface area contributed by atoms with Crippen LogP contribution in [0.25, 0.3) is 0 Å². The number of rotatable bonds is 3. The largest absolute Gasteiger partial charge is 0.467 e. The van der Waals surface area contributed by atoms with Crippen molar-refractivity contribution in [1.29, 1.82) is 0 Å². The van der Waals surface area contributed by atoms with Gasteiger partial charge in [0.25, 0.3) is 0 Å². The predicted octanol–water partition coefficient (Wildman–Crippen LogP) is 4.76. The van der Waals surface area contributed by atoms with E-state index in [0.717, 1.165) is 24.2 Å². The second-order valence-electron chi connectivity index (χ2n) is 7.34. The monoisotopic (exact) mass is 403 g/mol. The third-order valence-electron chi connectivity index (χ3n) is 5.46. The first-order valence-corrected chi connectivity index (χ1v) is 9.97. The molecule has 2 aliphatic rings. The second-order valence-corrected chi connectivity index (χ2v) is 7.34. The number of hydrogen-bond donors (Lipinski definition) is 2. The van der Waals surface area contributed by atoms with Crippen LogP contribution in [0.4, 0.5) is 16.2 Å². The van der Waals surface area contributed by atoms with Crippen LogP contribution in [0, 0.1) is 0 Å². The summed E-state index contributed by atoms with van der Waals surface area (Å²) in [5.74, 6) is 1.22. The van der Waals surface area contributed by atoms with E-state index < -0.39 is 6.04 Å². The van der Waals surface area contributed by atoms with Gasteiger partial charge in [-0.2, -0.15) is 0 Å². The molecule has 0 radical (unpaired) electrons. The summed E-state index contributed by atoms with van der Waals surface area (Å²) < 4.78 is 11.1. The molecule has 7 nitrogen and oxygen atoms in total. The Morgan fingerprint density at radius 2 is 1.90 bits per heavy atom. The lowest BCUT2D eigenvalue weighted by Gasteiger charge is -2.32. The first-order chi connectivity index (χ1) is 14.7. The van der Waals surface area contributed by atoms with Gasteiger partial charge in [-0.1, -0.05) is 12.1 Å². The zero-order valence-corrected chi connectivity index (χ0v) is 16.3. The third kappa shape index (κ3) is 3.18. The molecule has 1 aliphatic carbocycles. The van der Waals surface area contributed by atoms with Crippen molar-refractivity contribution in [2.45, 2.75) is 31.8 Å². The molecule has 0 saturated carbocycles. The number of Topliss-reactive ketones (excluding diaryl/α,β-unsaturated/α-hetero) is 1. The highest BCUT2D eigenvalue weighted by Gasteiger charge is 2.40. The maximum Gasteiger partial charge on any atom is 0.323 e. The summed E-state index contributed by atoms with van der Waals surface area (Å²) in [5, 5.41) is 6.33. The van der Waals surface area contributed by atoms with Crippen LogP contribution in [0.15, 0.2) is 81.2 Å². The SMILES string of the molecule is O=C1CCCC2=C1C(c1ccco1)N(C(=O)NCc1ccco1)c1ccccc1N2. The smallest absolute Gasteiger partial charge is 0.323 e. The lowest BCUT2D eigenvalue weighted by atomic mass is 9.88. The van der Waals surface area contributed by atoms with Gasteiger partial charge in [-0.05, 0) is 49.2 Å². The number of ketones is 1. The standard InChI is InChI=1S/C23H21N3O4/c27-19-10-3-8-17-21(19)22(20-11-5-13-30-20)26(18-9-2-1-7-16(18)25-17)23(28)24-14-15-6-4-12-29-15/h1-2,4-7,9,11-13,22,25H,3,8,10,14H2,(H,24,28). The van der Waals surface area contributed by atoms with Crippen LogP contribution in [-0.4, -0.2) is 11.8 Å². The molecule has 0 fully saturated rings. The maximum absolute atomic E-state index is 13.5. The fourth-order valence-electron chi connectivity index (χ4n) is 4.13. The van der Waals surface area contributed by atoms with Gasteiger partial charge in [-0.3, -0.25) is 9.69 Å². The van der Waals surface area contributed by atoms with Crippen molar-refractivity contribution in [2.75, 3.05) is 10.2 Å². The first kappa shape index (κ1) is 18.3. The van der Waals surface area contributed by atoms with Crippen molar-refractivity contribution in [3.8, 4) is 0 Å². The van der Waals surface area contributed by atoms with E-state index in [4.69, 9.17) is 8.83 Å². The van der Waals surface area contributed by atoms with E-state index in [1.807, 2.05) is 24.3 Å². The van der Waals surface area contributed by atoms with Crippen molar-refractivity contribution < 1.29 is 18.4 Å². The molecule has 1 aliphatic heterocycles. The van der Waals surface area contributed by atoms with Crippen LogP contribution in [0.2, 0.25) is 0 Å². The van der Waals surface area contributed by atoms with E-state index in [2.05, 4.69) is 10.6 Å². The molecule has 2 aromatic heterocycles. The number of carbonyl (C=O) groups is 2. The number of para-hydroxylation sites is 2. The van der Waals surface area contributed by atoms with Crippen LogP contribution >= 0.6 is 0 Å². The predicted molar refractivity (Wildman–Crippen MR) is 111 cm³/mol. The van der Waals surface area contributed by atoms with Crippen molar-refractivity contribution in [2.24, 2.45) is 0 Å². The summed E-state index contributed by atoms with van der Waals surface area (Å²) in [5.41, 5.74) is 2.89. The van der Waals surface area contributed by atoms with Crippen molar-refractivity contribution in [3.63, 3.8) is 0 Å². The molecule has 0 bridgehead atoms. The third-order valence-corrected chi connectivity index (χ3v) is 5.46.